The molecular weight excluding hydrogens is 623 g/mol. The van der Waals surface area contributed by atoms with Gasteiger partial charge in [-0.15, -0.1) is 28.0 Å². The van der Waals surface area contributed by atoms with Crippen LogP contribution >= 0.6 is 0 Å². The predicted molar refractivity (Wildman–Crippen MR) is 156 cm³/mol. The Balaban J connectivity index is 0.000000996. The van der Waals surface area contributed by atoms with Crippen molar-refractivity contribution in [2.24, 2.45) is 20.5 Å². The van der Waals surface area contributed by atoms with Crippen LogP contribution < -0.4 is 5.73 Å². The second-order valence-corrected chi connectivity index (χ2v) is 11.8. The van der Waals surface area contributed by atoms with Gasteiger partial charge in [-0.25, -0.2) is 0 Å². The molecule has 0 radical (unpaired) electrons. The highest BCUT2D eigenvalue weighted by Crippen LogP contribution is 2.39. The zero-order chi connectivity index (χ0) is 31.4. The van der Waals surface area contributed by atoms with Gasteiger partial charge in [0, 0.05) is 27.2 Å². The third-order valence-electron chi connectivity index (χ3n) is 5.83. The molecule has 5 aromatic carbocycles. The highest BCUT2D eigenvalue weighted by Gasteiger charge is 2.18. The van der Waals surface area contributed by atoms with Crippen LogP contribution in [0.1, 0.15) is 0 Å². The molecule has 17 heteroatoms. The largest absolute Gasteiger partial charge is 0.425 e. The summed E-state index contributed by atoms with van der Waals surface area (Å²) < 4.78 is 92.4. The lowest BCUT2D eigenvalue weighted by Crippen LogP contribution is -2.00. The molecule has 0 unspecified atom stereocenters. The van der Waals surface area contributed by atoms with E-state index in [1.807, 2.05) is 18.2 Å². The normalized spacial score (nSPS) is 12.0. The van der Waals surface area contributed by atoms with Gasteiger partial charge in [0.1, 0.15) is 4.90 Å². The van der Waals surface area contributed by atoms with Crippen LogP contribution in [0.15, 0.2) is 121 Å². The standard InChI is InChI=1S/C26H19N5O6S2.O3S/c27-21-11-12-24(26-19(21)7-4-8-25(26)39(35,36)37)31-30-23-14-13-22(29-28-16-5-2-1-3-6-16)18-10-9-17(15-20(18)23)38(32,33)34;1-4(2)3/h1-15H,27H2,(H,32,33,34)(H,35,36,37);. The van der Waals surface area contributed by atoms with Crippen LogP contribution in [0.5, 0.6) is 0 Å². The van der Waals surface area contributed by atoms with E-state index in [9.17, 15) is 25.9 Å². The predicted octanol–water partition coefficient (Wildman–Crippen LogP) is 5.90. The Kier molecular flexibility index (Phi) is 9.02. The van der Waals surface area contributed by atoms with Crippen molar-refractivity contribution in [2.75, 3.05) is 5.73 Å². The molecule has 43 heavy (non-hydrogen) atoms. The summed E-state index contributed by atoms with van der Waals surface area (Å²) in [5, 5.41) is 18.1. The summed E-state index contributed by atoms with van der Waals surface area (Å²) in [6, 6.07) is 23.3. The number of azo groups is 2. The number of hydrogen-bond acceptors (Lipinski definition) is 12. The van der Waals surface area contributed by atoms with Crippen molar-refractivity contribution in [2.45, 2.75) is 9.79 Å². The Labute approximate surface area is 245 Å². The van der Waals surface area contributed by atoms with E-state index >= 15 is 0 Å². The Morgan fingerprint density at radius 1 is 0.581 bits per heavy atom. The summed E-state index contributed by atoms with van der Waals surface area (Å²) in [7, 11) is -12.3. The minimum Gasteiger partial charge on any atom is -0.398 e. The average molecular weight is 642 g/mol. The van der Waals surface area contributed by atoms with Crippen LogP contribution in [-0.2, 0) is 30.8 Å². The quantitative estimate of drug-likeness (QED) is 0.113. The fourth-order valence-electron chi connectivity index (χ4n) is 4.02. The second kappa shape index (κ2) is 12.5. The first-order chi connectivity index (χ1) is 20.3. The van der Waals surface area contributed by atoms with E-state index in [4.69, 9.17) is 18.4 Å². The molecule has 0 aliphatic rings. The molecule has 0 saturated carbocycles. The van der Waals surface area contributed by atoms with Gasteiger partial charge in [0.25, 0.3) is 20.2 Å². The van der Waals surface area contributed by atoms with Gasteiger partial charge < -0.3 is 5.73 Å². The monoisotopic (exact) mass is 641 g/mol. The van der Waals surface area contributed by atoms with Gasteiger partial charge in [-0.3, -0.25) is 9.11 Å². The fourth-order valence-corrected chi connectivity index (χ4v) is 5.25. The number of nitrogen functional groups attached to an aromatic ring is 1. The summed E-state index contributed by atoms with van der Waals surface area (Å²) in [5.41, 5.74) is 7.59. The van der Waals surface area contributed by atoms with Crippen molar-refractivity contribution in [3.63, 3.8) is 0 Å². The molecular formula is C26H19N5O9S3. The Hall–Kier alpha value is -4.94. The molecule has 0 fully saturated rings. The Bertz CT molecular complexity index is 2250. The third-order valence-corrected chi connectivity index (χ3v) is 7.57. The van der Waals surface area contributed by atoms with Crippen LogP contribution in [0.2, 0.25) is 0 Å². The lowest BCUT2D eigenvalue weighted by Gasteiger charge is -2.09. The van der Waals surface area contributed by atoms with E-state index in [2.05, 4.69) is 20.5 Å². The zero-order valence-electron chi connectivity index (χ0n) is 21.5. The first-order valence-electron chi connectivity index (χ1n) is 11.7. The van der Waals surface area contributed by atoms with E-state index in [1.165, 1.54) is 48.5 Å². The third kappa shape index (κ3) is 7.48. The van der Waals surface area contributed by atoms with Crippen molar-refractivity contribution in [1.29, 1.82) is 0 Å². The fraction of sp³-hybridized carbons (Fsp3) is 0. The van der Waals surface area contributed by atoms with Gasteiger partial charge in [-0.2, -0.15) is 21.9 Å². The maximum absolute atomic E-state index is 12.0. The van der Waals surface area contributed by atoms with Crippen molar-refractivity contribution >= 4 is 80.8 Å². The summed E-state index contributed by atoms with van der Waals surface area (Å²) in [5.74, 6) is 0. The lowest BCUT2D eigenvalue weighted by atomic mass is 10.1. The number of nitrogens with zero attached hydrogens (tertiary/aromatic N) is 4. The van der Waals surface area contributed by atoms with Gasteiger partial charge in [-0.1, -0.05) is 36.4 Å². The van der Waals surface area contributed by atoms with E-state index in [1.54, 1.807) is 24.3 Å². The zero-order valence-corrected chi connectivity index (χ0v) is 24.0. The number of nitrogens with two attached hydrogens (primary N) is 1. The van der Waals surface area contributed by atoms with Gasteiger partial charge in [0.2, 0.25) is 0 Å². The highest BCUT2D eigenvalue weighted by atomic mass is 32.2. The molecule has 0 aromatic heterocycles. The lowest BCUT2D eigenvalue weighted by molar-refractivity contribution is 0.481. The summed E-state index contributed by atoms with van der Waals surface area (Å²) >= 11 is 0. The van der Waals surface area contributed by atoms with Crippen LogP contribution in [0.25, 0.3) is 21.5 Å². The molecule has 5 aromatic rings. The molecule has 0 heterocycles. The molecule has 14 nitrogen and oxygen atoms in total. The van der Waals surface area contributed by atoms with E-state index < -0.39 is 35.7 Å². The van der Waals surface area contributed by atoms with E-state index in [0.29, 0.717) is 22.1 Å². The summed E-state index contributed by atoms with van der Waals surface area (Å²) in [6.45, 7) is 0. The first kappa shape index (κ1) is 31.0. The SMILES string of the molecule is Nc1ccc(N=Nc2ccc(N=Nc3ccccc3)c3ccc(S(=O)(=O)O)cc23)c2c(S(=O)(=O)O)cccc12.O=S(=O)=O. The molecule has 5 rings (SSSR count). The smallest absolute Gasteiger partial charge is 0.398 e. The average Bonchev–Trinajstić information content (AvgIpc) is 2.95. The molecule has 0 aliphatic carbocycles. The van der Waals surface area contributed by atoms with Crippen molar-refractivity contribution in [1.82, 2.24) is 0 Å². The second-order valence-electron chi connectivity index (χ2n) is 8.55. The van der Waals surface area contributed by atoms with Crippen LogP contribution in [0.3, 0.4) is 0 Å². The number of hydrogen-bond donors (Lipinski definition) is 3. The van der Waals surface area contributed by atoms with Crippen molar-refractivity contribution < 1.29 is 38.6 Å². The Morgan fingerprint density at radius 3 is 1.79 bits per heavy atom. The molecule has 0 atom stereocenters. The van der Waals surface area contributed by atoms with Gasteiger partial charge >= 0.3 is 10.6 Å². The minimum atomic E-state index is -4.62. The maximum Gasteiger partial charge on any atom is 0.425 e. The molecule has 220 valence electrons. The number of rotatable bonds is 6. The van der Waals surface area contributed by atoms with E-state index in [-0.39, 0.29) is 32.7 Å². The first-order valence-corrected chi connectivity index (χ1v) is 15.6. The minimum absolute atomic E-state index is 0.0694. The molecule has 0 spiro atoms. The molecule has 0 saturated heterocycles. The van der Waals surface area contributed by atoms with Crippen LogP contribution in [-0.4, -0.2) is 38.6 Å². The number of fused-ring (bicyclic) bond motifs is 2. The van der Waals surface area contributed by atoms with Crippen molar-refractivity contribution in [3.05, 3.63) is 91.0 Å². The Morgan fingerprint density at radius 2 is 1.16 bits per heavy atom. The topological polar surface area (TPSA) is 235 Å². The van der Waals surface area contributed by atoms with Gasteiger partial charge in [-0.05, 0) is 54.6 Å². The van der Waals surface area contributed by atoms with Crippen molar-refractivity contribution in [3.8, 4) is 0 Å². The molecule has 0 bridgehead atoms. The number of benzene rings is 5. The summed E-state index contributed by atoms with van der Waals surface area (Å²) in [4.78, 5) is -0.758. The molecule has 0 amide bonds. The number of anilines is 1. The molecule has 0 aliphatic heterocycles. The maximum atomic E-state index is 12.0. The van der Waals surface area contributed by atoms with Gasteiger partial charge in [0.05, 0.1) is 27.6 Å². The van der Waals surface area contributed by atoms with Gasteiger partial charge in [0.15, 0.2) is 0 Å². The summed E-state index contributed by atoms with van der Waals surface area (Å²) in [6.07, 6.45) is 0. The highest BCUT2D eigenvalue weighted by molar-refractivity contribution is 7.86. The van der Waals surface area contributed by atoms with E-state index in [0.717, 1.165) is 0 Å². The molecule has 4 N–H and O–H groups in total. The van der Waals surface area contributed by atoms with Crippen LogP contribution in [0.4, 0.5) is 28.4 Å². The van der Waals surface area contributed by atoms with Crippen LogP contribution in [0, 0.1) is 0 Å².